The molecule has 3 heteroatoms. The first-order valence-corrected chi connectivity index (χ1v) is 12.0. The van der Waals surface area contributed by atoms with Gasteiger partial charge < -0.3 is 10.4 Å². The second-order valence-electron chi connectivity index (χ2n) is 8.00. The molecule has 0 aromatic heterocycles. The van der Waals surface area contributed by atoms with Crippen LogP contribution in [0.15, 0.2) is 36.4 Å². The topological polar surface area (TPSA) is 49.3 Å². The Labute approximate surface area is 184 Å². The van der Waals surface area contributed by atoms with Crippen LogP contribution in [-0.4, -0.2) is 17.6 Å². The molecule has 0 saturated heterocycles. The lowest BCUT2D eigenvalue weighted by atomic mass is 10.1. The summed E-state index contributed by atoms with van der Waals surface area (Å²) in [5.41, 5.74) is 1.78. The van der Waals surface area contributed by atoms with Crippen LogP contribution in [0.2, 0.25) is 0 Å². The van der Waals surface area contributed by atoms with Crippen molar-refractivity contribution >= 4 is 11.7 Å². The van der Waals surface area contributed by atoms with Crippen molar-refractivity contribution in [3.63, 3.8) is 0 Å². The van der Waals surface area contributed by atoms with Gasteiger partial charge in [0.25, 0.3) is 0 Å². The number of anilines is 1. The van der Waals surface area contributed by atoms with Crippen LogP contribution in [0.3, 0.4) is 0 Å². The first-order chi connectivity index (χ1) is 14.7. The lowest BCUT2D eigenvalue weighted by Gasteiger charge is -2.06. The third kappa shape index (κ3) is 15.7. The number of carboxylic acids is 1. The van der Waals surface area contributed by atoms with Crippen LogP contribution < -0.4 is 5.32 Å². The fraction of sp³-hybridized carbons (Fsp3) is 0.593. The first kappa shape index (κ1) is 25.8. The molecule has 0 atom stereocenters. The quantitative estimate of drug-likeness (QED) is 0.158. The van der Waals surface area contributed by atoms with E-state index in [1.807, 2.05) is 24.3 Å². The zero-order chi connectivity index (χ0) is 21.7. The summed E-state index contributed by atoms with van der Waals surface area (Å²) in [6.45, 7) is 3.24. The molecule has 1 aromatic carbocycles. The van der Waals surface area contributed by atoms with E-state index in [1.165, 1.54) is 89.9 Å². The van der Waals surface area contributed by atoms with Crippen LogP contribution in [0.4, 0.5) is 5.69 Å². The fourth-order valence-corrected chi connectivity index (χ4v) is 3.40. The Morgan fingerprint density at radius 1 is 0.833 bits per heavy atom. The molecule has 0 heterocycles. The van der Waals surface area contributed by atoms with E-state index in [4.69, 9.17) is 5.11 Å². The Morgan fingerprint density at radius 2 is 1.37 bits per heavy atom. The molecule has 166 valence electrons. The molecule has 0 aliphatic rings. The van der Waals surface area contributed by atoms with E-state index in [0.717, 1.165) is 17.8 Å². The minimum Gasteiger partial charge on any atom is -0.472 e. The van der Waals surface area contributed by atoms with Gasteiger partial charge in [0.2, 0.25) is 0 Å². The summed E-state index contributed by atoms with van der Waals surface area (Å²) in [6.07, 6.45) is 23.3. The summed E-state index contributed by atoms with van der Waals surface area (Å²) < 4.78 is 0. The maximum Gasteiger partial charge on any atom is 0.382 e. The molecular weight excluding hydrogens is 370 g/mol. The highest BCUT2D eigenvalue weighted by molar-refractivity contribution is 5.87. The van der Waals surface area contributed by atoms with E-state index >= 15 is 0 Å². The van der Waals surface area contributed by atoms with Crippen LogP contribution in [0.25, 0.3) is 0 Å². The summed E-state index contributed by atoms with van der Waals surface area (Å²) in [5, 5.41) is 12.0. The van der Waals surface area contributed by atoms with Crippen molar-refractivity contribution in [2.75, 3.05) is 11.9 Å². The van der Waals surface area contributed by atoms with Gasteiger partial charge in [-0.25, -0.2) is 4.79 Å². The average Bonchev–Trinajstić information content (AvgIpc) is 2.75. The monoisotopic (exact) mass is 411 g/mol. The minimum atomic E-state index is -1.10. The molecule has 2 N–H and O–H groups in total. The van der Waals surface area contributed by atoms with E-state index in [2.05, 4.69) is 36.2 Å². The molecule has 0 aliphatic heterocycles. The van der Waals surface area contributed by atoms with E-state index in [0.29, 0.717) is 0 Å². The standard InChI is InChI=1S/C27H41NO2/c1-2-3-4-5-6-7-8-9-10-11-12-13-14-15-16-17-24-28-26-21-18-25(19-22-26)20-23-27(29)30/h9-10,18-19,21-22,28H,2-8,11-17,24H2,1H3,(H,29,30). The van der Waals surface area contributed by atoms with Gasteiger partial charge in [-0.05, 0) is 56.4 Å². The zero-order valence-corrected chi connectivity index (χ0v) is 18.9. The Morgan fingerprint density at radius 3 is 1.93 bits per heavy atom. The molecule has 0 fully saturated rings. The Bertz CT molecular complexity index is 637. The highest BCUT2D eigenvalue weighted by atomic mass is 16.4. The smallest absolute Gasteiger partial charge is 0.382 e. The van der Waals surface area contributed by atoms with Crippen LogP contribution in [0.5, 0.6) is 0 Å². The average molecular weight is 412 g/mol. The van der Waals surface area contributed by atoms with Gasteiger partial charge in [0.1, 0.15) is 0 Å². The Balaban J connectivity index is 1.89. The number of allylic oxidation sites excluding steroid dienone is 2. The van der Waals surface area contributed by atoms with Crippen LogP contribution in [0, 0.1) is 11.8 Å². The summed E-state index contributed by atoms with van der Waals surface area (Å²) in [5.74, 6) is 3.64. The predicted octanol–water partition coefficient (Wildman–Crippen LogP) is 7.57. The van der Waals surface area contributed by atoms with Gasteiger partial charge in [-0.2, -0.15) is 0 Å². The van der Waals surface area contributed by atoms with Gasteiger partial charge in [0.05, 0.1) is 0 Å². The highest BCUT2D eigenvalue weighted by Crippen LogP contribution is 2.11. The molecule has 0 saturated carbocycles. The van der Waals surface area contributed by atoms with Gasteiger partial charge in [-0.15, -0.1) is 0 Å². The molecule has 0 radical (unpaired) electrons. The molecule has 30 heavy (non-hydrogen) atoms. The van der Waals surface area contributed by atoms with Crippen molar-refractivity contribution in [3.8, 4) is 11.8 Å². The van der Waals surface area contributed by atoms with E-state index in [-0.39, 0.29) is 0 Å². The van der Waals surface area contributed by atoms with Crippen LogP contribution >= 0.6 is 0 Å². The Hall–Kier alpha value is -2.21. The van der Waals surface area contributed by atoms with Crippen molar-refractivity contribution < 1.29 is 9.90 Å². The number of unbranched alkanes of at least 4 members (excludes halogenated alkanes) is 12. The minimum absolute atomic E-state index is 0.722. The number of hydrogen-bond donors (Lipinski definition) is 2. The molecule has 0 amide bonds. The molecular formula is C27H41NO2. The van der Waals surface area contributed by atoms with Crippen molar-refractivity contribution in [3.05, 3.63) is 42.0 Å². The van der Waals surface area contributed by atoms with Crippen LogP contribution in [-0.2, 0) is 4.79 Å². The largest absolute Gasteiger partial charge is 0.472 e. The summed E-state index contributed by atoms with van der Waals surface area (Å²) in [6, 6.07) is 7.60. The van der Waals surface area contributed by atoms with Gasteiger partial charge in [-0.3, -0.25) is 0 Å². The highest BCUT2D eigenvalue weighted by Gasteiger charge is 1.95. The summed E-state index contributed by atoms with van der Waals surface area (Å²) >= 11 is 0. The lowest BCUT2D eigenvalue weighted by molar-refractivity contribution is -0.130. The maximum atomic E-state index is 10.4. The van der Waals surface area contributed by atoms with Crippen molar-refractivity contribution in [1.29, 1.82) is 0 Å². The number of rotatable bonds is 17. The van der Waals surface area contributed by atoms with Gasteiger partial charge in [0, 0.05) is 23.7 Å². The Kier molecular flexibility index (Phi) is 16.2. The number of benzene rings is 1. The van der Waals surface area contributed by atoms with E-state index in [9.17, 15) is 4.79 Å². The number of carboxylic acid groups (broad SMARTS) is 1. The predicted molar refractivity (Wildman–Crippen MR) is 129 cm³/mol. The van der Waals surface area contributed by atoms with E-state index < -0.39 is 5.97 Å². The fourth-order valence-electron chi connectivity index (χ4n) is 3.40. The van der Waals surface area contributed by atoms with Crippen LogP contribution in [0.1, 0.15) is 102 Å². The first-order valence-electron chi connectivity index (χ1n) is 12.0. The normalized spacial score (nSPS) is 10.7. The van der Waals surface area contributed by atoms with Crippen molar-refractivity contribution in [2.45, 2.75) is 96.8 Å². The third-order valence-corrected chi connectivity index (χ3v) is 5.22. The molecule has 1 aromatic rings. The molecule has 0 spiro atoms. The number of carbonyl (C=O) groups is 1. The SMILES string of the molecule is CCCCCCCCC=CCCCCCCCCNc1ccc(C#CC(=O)O)cc1. The number of aliphatic carboxylic acids is 1. The molecule has 3 nitrogen and oxygen atoms in total. The van der Waals surface area contributed by atoms with Gasteiger partial charge in [0.15, 0.2) is 0 Å². The molecule has 0 aliphatic carbocycles. The molecule has 0 bridgehead atoms. The maximum absolute atomic E-state index is 10.4. The number of nitrogens with one attached hydrogen (secondary N) is 1. The second kappa shape index (κ2) is 18.8. The zero-order valence-electron chi connectivity index (χ0n) is 18.9. The van der Waals surface area contributed by atoms with E-state index in [1.54, 1.807) is 0 Å². The van der Waals surface area contributed by atoms with Gasteiger partial charge in [-0.1, -0.05) is 82.8 Å². The molecule has 0 unspecified atom stereocenters. The van der Waals surface area contributed by atoms with Crippen molar-refractivity contribution in [1.82, 2.24) is 0 Å². The van der Waals surface area contributed by atoms with Gasteiger partial charge >= 0.3 is 5.97 Å². The summed E-state index contributed by atoms with van der Waals surface area (Å²) in [4.78, 5) is 10.4. The lowest BCUT2D eigenvalue weighted by Crippen LogP contribution is -2.01. The van der Waals surface area contributed by atoms with Crippen molar-refractivity contribution in [2.24, 2.45) is 0 Å². The molecule has 1 rings (SSSR count). The second-order valence-corrected chi connectivity index (χ2v) is 8.00. The third-order valence-electron chi connectivity index (χ3n) is 5.22. The summed E-state index contributed by atoms with van der Waals surface area (Å²) in [7, 11) is 0. The number of hydrogen-bond acceptors (Lipinski definition) is 2.